The molecule has 1 unspecified atom stereocenters. The number of rotatable bonds is 9. The summed E-state index contributed by atoms with van der Waals surface area (Å²) in [5.74, 6) is 1.45. The number of fused-ring (bicyclic) bond motifs is 1. The van der Waals surface area contributed by atoms with Crippen molar-refractivity contribution in [3.63, 3.8) is 0 Å². The number of benzene rings is 3. The maximum atomic E-state index is 12.6. The van der Waals surface area contributed by atoms with Crippen LogP contribution in [0.5, 0.6) is 5.75 Å². The Morgan fingerprint density at radius 1 is 1.03 bits per heavy atom. The average Bonchev–Trinajstić information content (AvgIpc) is 3.19. The van der Waals surface area contributed by atoms with Crippen molar-refractivity contribution in [2.75, 3.05) is 6.61 Å². The van der Waals surface area contributed by atoms with Gasteiger partial charge in [0.2, 0.25) is 0 Å². The molecule has 0 spiro atoms. The third-order valence-corrected chi connectivity index (χ3v) is 5.84. The third kappa shape index (κ3) is 5.61. The summed E-state index contributed by atoms with van der Waals surface area (Å²) in [5.41, 5.74) is 5.48. The van der Waals surface area contributed by atoms with Gasteiger partial charge in [0.15, 0.2) is 6.61 Å². The molecule has 170 valence electrons. The van der Waals surface area contributed by atoms with Crippen LogP contribution < -0.4 is 10.1 Å². The van der Waals surface area contributed by atoms with Crippen molar-refractivity contribution < 1.29 is 9.53 Å². The molecule has 0 aliphatic rings. The molecule has 1 heterocycles. The lowest BCUT2D eigenvalue weighted by atomic mass is 10.1. The SMILES string of the molecule is Cc1ccc(C)c(OCC(=O)NC(C)c2nc3ccccc3n2CCCc2ccccc2)c1. The fourth-order valence-electron chi connectivity index (χ4n) is 4.10. The second-order valence-corrected chi connectivity index (χ2v) is 8.55. The molecular weight excluding hydrogens is 410 g/mol. The Hall–Kier alpha value is -3.60. The van der Waals surface area contributed by atoms with E-state index in [2.05, 4.69) is 40.2 Å². The second kappa shape index (κ2) is 10.3. The van der Waals surface area contributed by atoms with Crippen LogP contribution in [0.15, 0.2) is 72.8 Å². The smallest absolute Gasteiger partial charge is 0.258 e. The molecule has 0 aliphatic carbocycles. The number of hydrogen-bond donors (Lipinski definition) is 1. The number of nitrogens with zero attached hydrogens (tertiary/aromatic N) is 2. The van der Waals surface area contributed by atoms with Crippen LogP contribution in [0.1, 0.15) is 41.9 Å². The predicted octanol–water partition coefficient (Wildman–Crippen LogP) is 5.54. The van der Waals surface area contributed by atoms with Crippen molar-refractivity contribution in [3.05, 3.63) is 95.3 Å². The van der Waals surface area contributed by atoms with Gasteiger partial charge < -0.3 is 14.6 Å². The molecule has 0 saturated carbocycles. The number of aromatic nitrogens is 2. The molecule has 5 nitrogen and oxygen atoms in total. The Balaban J connectivity index is 1.44. The molecule has 0 aliphatic heterocycles. The minimum Gasteiger partial charge on any atom is -0.483 e. The van der Waals surface area contributed by atoms with Crippen molar-refractivity contribution in [3.8, 4) is 5.75 Å². The van der Waals surface area contributed by atoms with E-state index < -0.39 is 0 Å². The number of para-hydroxylation sites is 2. The van der Waals surface area contributed by atoms with Gasteiger partial charge in [-0.1, -0.05) is 54.6 Å². The molecule has 1 N–H and O–H groups in total. The molecule has 0 fully saturated rings. The van der Waals surface area contributed by atoms with Gasteiger partial charge in [-0.3, -0.25) is 4.79 Å². The van der Waals surface area contributed by atoms with Gasteiger partial charge in [0.05, 0.1) is 17.1 Å². The molecule has 1 atom stereocenters. The Kier molecular flexibility index (Phi) is 7.08. The van der Waals surface area contributed by atoms with Crippen LogP contribution in [-0.4, -0.2) is 22.1 Å². The lowest BCUT2D eigenvalue weighted by Gasteiger charge is -2.17. The Bertz CT molecular complexity index is 1230. The molecule has 3 aromatic carbocycles. The van der Waals surface area contributed by atoms with Crippen molar-refractivity contribution in [2.45, 2.75) is 46.2 Å². The fraction of sp³-hybridized carbons (Fsp3) is 0.286. The predicted molar refractivity (Wildman–Crippen MR) is 132 cm³/mol. The lowest BCUT2D eigenvalue weighted by molar-refractivity contribution is -0.123. The zero-order valence-corrected chi connectivity index (χ0v) is 19.5. The highest BCUT2D eigenvalue weighted by molar-refractivity contribution is 5.79. The molecule has 4 rings (SSSR count). The maximum Gasteiger partial charge on any atom is 0.258 e. The second-order valence-electron chi connectivity index (χ2n) is 8.55. The molecule has 1 aromatic heterocycles. The number of ether oxygens (including phenoxy) is 1. The van der Waals surface area contributed by atoms with E-state index in [9.17, 15) is 4.79 Å². The van der Waals surface area contributed by atoms with E-state index in [1.165, 1.54) is 5.56 Å². The monoisotopic (exact) mass is 441 g/mol. The Morgan fingerprint density at radius 2 is 1.79 bits per heavy atom. The number of amides is 1. The van der Waals surface area contributed by atoms with Gasteiger partial charge in [0, 0.05) is 6.54 Å². The zero-order chi connectivity index (χ0) is 23.2. The average molecular weight is 442 g/mol. The molecule has 4 aromatic rings. The van der Waals surface area contributed by atoms with Crippen LogP contribution in [0.2, 0.25) is 0 Å². The quantitative estimate of drug-likeness (QED) is 0.371. The molecule has 5 heteroatoms. The van der Waals surface area contributed by atoms with Crippen molar-refractivity contribution in [1.29, 1.82) is 0 Å². The highest BCUT2D eigenvalue weighted by Crippen LogP contribution is 2.22. The maximum absolute atomic E-state index is 12.6. The Labute approximate surface area is 195 Å². The highest BCUT2D eigenvalue weighted by atomic mass is 16.5. The van der Waals surface area contributed by atoms with Gasteiger partial charge in [-0.25, -0.2) is 4.98 Å². The van der Waals surface area contributed by atoms with E-state index in [0.717, 1.165) is 53.1 Å². The minimum atomic E-state index is -0.233. The first-order valence-corrected chi connectivity index (χ1v) is 11.5. The summed E-state index contributed by atoms with van der Waals surface area (Å²) in [5, 5.41) is 3.06. The first-order valence-electron chi connectivity index (χ1n) is 11.5. The van der Waals surface area contributed by atoms with Gasteiger partial charge >= 0.3 is 0 Å². The first-order chi connectivity index (χ1) is 16.0. The van der Waals surface area contributed by atoms with Crippen LogP contribution in [-0.2, 0) is 17.8 Å². The van der Waals surface area contributed by atoms with E-state index >= 15 is 0 Å². The van der Waals surface area contributed by atoms with Crippen LogP contribution in [0, 0.1) is 13.8 Å². The summed E-state index contributed by atoms with van der Waals surface area (Å²) in [6, 6.07) is 24.4. The first kappa shape index (κ1) is 22.6. The molecule has 33 heavy (non-hydrogen) atoms. The molecular formula is C28H31N3O2. The number of imidazole rings is 1. The van der Waals surface area contributed by atoms with Crippen molar-refractivity contribution in [2.24, 2.45) is 0 Å². The summed E-state index contributed by atoms with van der Waals surface area (Å²) < 4.78 is 8.01. The molecule has 0 bridgehead atoms. The number of carbonyl (C=O) groups is 1. The van der Waals surface area contributed by atoms with Crippen molar-refractivity contribution in [1.82, 2.24) is 14.9 Å². The molecule has 0 saturated heterocycles. The van der Waals surface area contributed by atoms with E-state index in [1.54, 1.807) is 0 Å². The van der Waals surface area contributed by atoms with E-state index in [4.69, 9.17) is 9.72 Å². The fourth-order valence-corrected chi connectivity index (χ4v) is 4.10. The van der Waals surface area contributed by atoms with E-state index in [-0.39, 0.29) is 18.6 Å². The summed E-state index contributed by atoms with van der Waals surface area (Å²) in [7, 11) is 0. The Morgan fingerprint density at radius 3 is 2.61 bits per heavy atom. The van der Waals surface area contributed by atoms with Crippen LogP contribution >= 0.6 is 0 Å². The minimum absolute atomic E-state index is 0.0249. The van der Waals surface area contributed by atoms with Crippen LogP contribution in [0.4, 0.5) is 0 Å². The number of carbonyl (C=O) groups excluding carboxylic acids is 1. The molecule has 1 amide bonds. The largest absolute Gasteiger partial charge is 0.483 e. The number of hydrogen-bond acceptors (Lipinski definition) is 3. The van der Waals surface area contributed by atoms with Gasteiger partial charge in [0.1, 0.15) is 11.6 Å². The van der Waals surface area contributed by atoms with Gasteiger partial charge in [-0.15, -0.1) is 0 Å². The summed E-state index contributed by atoms with van der Waals surface area (Å²) >= 11 is 0. The van der Waals surface area contributed by atoms with Gasteiger partial charge in [0.25, 0.3) is 5.91 Å². The lowest BCUT2D eigenvalue weighted by Crippen LogP contribution is -2.32. The summed E-state index contributed by atoms with van der Waals surface area (Å²) in [6.07, 6.45) is 1.99. The number of nitrogens with one attached hydrogen (secondary N) is 1. The molecule has 0 radical (unpaired) electrons. The van der Waals surface area contributed by atoms with E-state index in [1.807, 2.05) is 63.2 Å². The zero-order valence-electron chi connectivity index (χ0n) is 19.5. The summed E-state index contributed by atoms with van der Waals surface area (Å²) in [6.45, 7) is 6.78. The van der Waals surface area contributed by atoms with Gasteiger partial charge in [-0.2, -0.15) is 0 Å². The normalized spacial score (nSPS) is 12.0. The van der Waals surface area contributed by atoms with E-state index in [0.29, 0.717) is 0 Å². The summed E-state index contributed by atoms with van der Waals surface area (Å²) in [4.78, 5) is 17.5. The number of aryl methyl sites for hydroxylation is 4. The van der Waals surface area contributed by atoms with Crippen LogP contribution in [0.3, 0.4) is 0 Å². The van der Waals surface area contributed by atoms with Crippen LogP contribution in [0.25, 0.3) is 11.0 Å². The van der Waals surface area contributed by atoms with Gasteiger partial charge in [-0.05, 0) is 68.5 Å². The highest BCUT2D eigenvalue weighted by Gasteiger charge is 2.18. The third-order valence-electron chi connectivity index (χ3n) is 5.84. The standard InChI is InChI=1S/C28H31N3O2/c1-20-15-16-21(2)26(18-20)33-19-27(32)29-22(3)28-30-24-13-7-8-14-25(24)31(28)17-9-12-23-10-5-4-6-11-23/h4-8,10-11,13-16,18,22H,9,12,17,19H2,1-3H3,(H,29,32). The van der Waals surface area contributed by atoms with Crippen molar-refractivity contribution >= 4 is 16.9 Å². The topological polar surface area (TPSA) is 56.1 Å².